The number of aliphatic hydroxyl groups is 8. The minimum Gasteiger partial charge on any atom is -0.394 e. The summed E-state index contributed by atoms with van der Waals surface area (Å²) in [6.07, 6.45) is 79.8. The lowest BCUT2D eigenvalue weighted by molar-refractivity contribution is -0.359. The van der Waals surface area contributed by atoms with Crippen molar-refractivity contribution in [3.05, 3.63) is 122 Å². The molecule has 0 saturated carbocycles. The fourth-order valence-electron chi connectivity index (χ4n) is 12.2. The Hall–Kier alpha value is -3.61. The largest absolute Gasteiger partial charge is 0.394 e. The number of allylic oxidation sites excluding steroid dienone is 19. The van der Waals surface area contributed by atoms with Gasteiger partial charge >= 0.3 is 0 Å². The molecule has 558 valence electrons. The van der Waals surface area contributed by atoms with Crippen LogP contribution in [0.15, 0.2) is 122 Å². The number of aliphatic hydroxyl groups excluding tert-OH is 8. The van der Waals surface area contributed by atoms with E-state index in [2.05, 4.69) is 129 Å². The number of carbonyl (C=O) groups is 1. The standard InChI is InChI=1S/C83H143NO13/c1-3-5-7-9-11-13-15-17-19-21-23-25-27-29-31-33-34-35-36-37-38-39-41-43-45-47-49-51-53-55-57-59-61-63-65-67-75(88)84-71(70-94-82-80(93)78(91)81(74(69-86)96-82)97-83-79(92)77(90)76(89)73(68-85)95-83)72(87)66-64-62-60-58-56-54-52-50-48-46-44-42-40-32-30-28-26-24-22-20-18-16-14-12-10-8-6-4-2/h5,7,11,13,17,19,23,25,29,31,34-35,37-38,41,43,56,58,64,66,71-74,76-83,85-87,89-93H,3-4,6,8-10,12,14-16,18,20-22,24,26-28,30,32-33,36,39-40,42,44-55,57,59-63,65,67-70H2,1-2H3,(H,84,88)/b7-5-,13-11-,19-17-,25-23-,31-29-,35-34-,38-37-,43-41-,58-56+,66-64+. The average molecular weight is 1360 g/mol. The van der Waals surface area contributed by atoms with Crippen LogP contribution < -0.4 is 5.32 Å². The second kappa shape index (κ2) is 65.7. The van der Waals surface area contributed by atoms with E-state index in [-0.39, 0.29) is 18.9 Å². The molecule has 0 aromatic heterocycles. The monoisotopic (exact) mass is 1360 g/mol. The van der Waals surface area contributed by atoms with Crippen LogP contribution in [0.2, 0.25) is 0 Å². The summed E-state index contributed by atoms with van der Waals surface area (Å²) in [5, 5.41) is 87.6. The summed E-state index contributed by atoms with van der Waals surface area (Å²) in [5.41, 5.74) is 0. The van der Waals surface area contributed by atoms with Crippen LogP contribution in [0.25, 0.3) is 0 Å². The van der Waals surface area contributed by atoms with Gasteiger partial charge in [0.1, 0.15) is 48.8 Å². The third-order valence-corrected chi connectivity index (χ3v) is 18.4. The van der Waals surface area contributed by atoms with E-state index in [1.54, 1.807) is 6.08 Å². The molecule has 0 aromatic carbocycles. The maximum absolute atomic E-state index is 13.4. The Labute approximate surface area is 590 Å². The molecule has 2 rings (SSSR count). The van der Waals surface area contributed by atoms with Gasteiger partial charge in [0, 0.05) is 6.42 Å². The summed E-state index contributed by atoms with van der Waals surface area (Å²) in [6.45, 7) is 2.69. The molecular formula is C83H143NO13. The van der Waals surface area contributed by atoms with Gasteiger partial charge in [-0.1, -0.05) is 322 Å². The van der Waals surface area contributed by atoms with Gasteiger partial charge in [-0.05, 0) is 96.3 Å². The minimum absolute atomic E-state index is 0.256. The van der Waals surface area contributed by atoms with E-state index in [1.165, 1.54) is 180 Å². The highest BCUT2D eigenvalue weighted by molar-refractivity contribution is 5.76. The van der Waals surface area contributed by atoms with Crippen LogP contribution in [0.3, 0.4) is 0 Å². The van der Waals surface area contributed by atoms with Gasteiger partial charge in [0.25, 0.3) is 0 Å². The summed E-state index contributed by atoms with van der Waals surface area (Å²) in [6, 6.07) is -0.944. The predicted molar refractivity (Wildman–Crippen MR) is 401 cm³/mol. The highest BCUT2D eigenvalue weighted by atomic mass is 16.7. The predicted octanol–water partition coefficient (Wildman–Crippen LogP) is 17.6. The molecule has 0 bridgehead atoms. The van der Waals surface area contributed by atoms with Crippen LogP contribution in [0, 0.1) is 0 Å². The van der Waals surface area contributed by atoms with Gasteiger partial charge in [-0.15, -0.1) is 0 Å². The number of nitrogens with one attached hydrogen (secondary N) is 1. The Morgan fingerprint density at radius 1 is 0.381 bits per heavy atom. The number of carbonyl (C=O) groups excluding carboxylic acids is 1. The Morgan fingerprint density at radius 3 is 1.13 bits per heavy atom. The van der Waals surface area contributed by atoms with Crippen molar-refractivity contribution >= 4 is 5.91 Å². The van der Waals surface area contributed by atoms with E-state index in [0.717, 1.165) is 89.9 Å². The second-order valence-electron chi connectivity index (χ2n) is 27.1. The van der Waals surface area contributed by atoms with Crippen molar-refractivity contribution in [2.75, 3.05) is 19.8 Å². The number of hydrogen-bond donors (Lipinski definition) is 9. The zero-order valence-electron chi connectivity index (χ0n) is 61.0. The van der Waals surface area contributed by atoms with Crippen LogP contribution in [-0.4, -0.2) is 140 Å². The molecule has 2 saturated heterocycles. The quantitative estimate of drug-likeness (QED) is 0.0204. The van der Waals surface area contributed by atoms with E-state index in [0.29, 0.717) is 12.8 Å². The van der Waals surface area contributed by atoms with E-state index in [9.17, 15) is 45.6 Å². The Kier molecular flexibility index (Phi) is 60.6. The first kappa shape index (κ1) is 89.5. The lowest BCUT2D eigenvalue weighted by Gasteiger charge is -2.46. The number of unbranched alkanes of at least 4 members (excludes halogenated alkanes) is 33. The van der Waals surface area contributed by atoms with Gasteiger partial charge in [-0.25, -0.2) is 0 Å². The van der Waals surface area contributed by atoms with Crippen molar-refractivity contribution in [1.29, 1.82) is 0 Å². The molecule has 97 heavy (non-hydrogen) atoms. The molecule has 0 aromatic rings. The molecule has 2 aliphatic heterocycles. The Balaban J connectivity index is 1.66. The van der Waals surface area contributed by atoms with Crippen molar-refractivity contribution in [2.24, 2.45) is 0 Å². The highest BCUT2D eigenvalue weighted by Crippen LogP contribution is 2.30. The summed E-state index contributed by atoms with van der Waals surface area (Å²) in [4.78, 5) is 13.4. The fourth-order valence-corrected chi connectivity index (χ4v) is 12.2. The second-order valence-corrected chi connectivity index (χ2v) is 27.1. The van der Waals surface area contributed by atoms with Crippen LogP contribution in [0.4, 0.5) is 0 Å². The van der Waals surface area contributed by atoms with Crippen molar-refractivity contribution in [1.82, 2.24) is 5.32 Å². The molecule has 0 aliphatic carbocycles. The first-order chi connectivity index (χ1) is 47.6. The van der Waals surface area contributed by atoms with Gasteiger partial charge in [-0.3, -0.25) is 4.79 Å². The topological polar surface area (TPSA) is 228 Å². The molecule has 0 radical (unpaired) electrons. The number of ether oxygens (including phenoxy) is 4. The van der Waals surface area contributed by atoms with E-state index in [4.69, 9.17) is 18.9 Å². The summed E-state index contributed by atoms with van der Waals surface area (Å²) >= 11 is 0. The molecule has 12 atom stereocenters. The third-order valence-electron chi connectivity index (χ3n) is 18.4. The van der Waals surface area contributed by atoms with Crippen LogP contribution >= 0.6 is 0 Å². The van der Waals surface area contributed by atoms with Gasteiger partial charge in [0.15, 0.2) is 12.6 Å². The number of hydrogen-bond acceptors (Lipinski definition) is 13. The summed E-state index contributed by atoms with van der Waals surface area (Å²) < 4.78 is 22.9. The van der Waals surface area contributed by atoms with Gasteiger partial charge < -0.3 is 65.1 Å². The first-order valence-electron chi connectivity index (χ1n) is 39.3. The van der Waals surface area contributed by atoms with Gasteiger partial charge in [-0.2, -0.15) is 0 Å². The molecule has 14 nitrogen and oxygen atoms in total. The molecule has 12 unspecified atom stereocenters. The molecule has 1 amide bonds. The van der Waals surface area contributed by atoms with Crippen LogP contribution in [0.5, 0.6) is 0 Å². The van der Waals surface area contributed by atoms with E-state index >= 15 is 0 Å². The highest BCUT2D eigenvalue weighted by Gasteiger charge is 2.51. The zero-order chi connectivity index (χ0) is 70.1. The molecule has 2 fully saturated rings. The van der Waals surface area contributed by atoms with Crippen LogP contribution in [0.1, 0.15) is 303 Å². The maximum Gasteiger partial charge on any atom is 0.220 e. The van der Waals surface area contributed by atoms with Crippen molar-refractivity contribution in [2.45, 2.75) is 376 Å². The molecule has 2 heterocycles. The smallest absolute Gasteiger partial charge is 0.220 e. The van der Waals surface area contributed by atoms with Gasteiger partial charge in [0.05, 0.1) is 32.0 Å². The lowest BCUT2D eigenvalue weighted by Crippen LogP contribution is -2.65. The Morgan fingerprint density at radius 2 is 0.722 bits per heavy atom. The lowest BCUT2D eigenvalue weighted by atomic mass is 9.97. The van der Waals surface area contributed by atoms with Crippen molar-refractivity contribution < 1.29 is 64.6 Å². The third kappa shape index (κ3) is 48.8. The SMILES string of the molecule is CC/C=C\C/C=C\C/C=C\C/C=C\C/C=C\C/C=C\C/C=C\C/C=C\CCCCCCCCCCCCC(=O)NC(COC1OC(CO)C(OC2OC(CO)C(O)C(O)C2O)C(O)C1O)C(O)/C=C/CC/C=C/CCCCCCCCCCCCCCCCCCCCCCCC. The first-order valence-corrected chi connectivity index (χ1v) is 39.3. The van der Waals surface area contributed by atoms with Crippen LogP contribution in [-0.2, 0) is 23.7 Å². The minimum atomic E-state index is -1.80. The van der Waals surface area contributed by atoms with E-state index in [1.807, 2.05) is 6.08 Å². The summed E-state index contributed by atoms with van der Waals surface area (Å²) in [7, 11) is 0. The zero-order valence-corrected chi connectivity index (χ0v) is 61.0. The molecule has 0 spiro atoms. The fraction of sp³-hybridized carbons (Fsp3) is 0.747. The van der Waals surface area contributed by atoms with Gasteiger partial charge in [0.2, 0.25) is 5.91 Å². The van der Waals surface area contributed by atoms with Crippen molar-refractivity contribution in [3.63, 3.8) is 0 Å². The maximum atomic E-state index is 13.4. The molecule has 14 heteroatoms. The average Bonchev–Trinajstić information content (AvgIpc) is 0.793. The molecule has 2 aliphatic rings. The molecular weight excluding hydrogens is 1220 g/mol. The number of amides is 1. The van der Waals surface area contributed by atoms with Crippen molar-refractivity contribution in [3.8, 4) is 0 Å². The Bertz CT molecular complexity index is 2100. The number of rotatable bonds is 64. The normalized spacial score (nSPS) is 22.8. The molecule has 9 N–H and O–H groups in total. The van der Waals surface area contributed by atoms with E-state index < -0.39 is 86.8 Å². The summed E-state index contributed by atoms with van der Waals surface area (Å²) in [5.74, 6) is -0.256.